The fraction of sp³-hybridized carbons (Fsp3) is 0.286. The SMILES string of the molecule is CC(CCC(=O)O)(NC(=O)OCC1c2ccccc2-c2ccccc21)C(=O)O. The van der Waals surface area contributed by atoms with Crippen LogP contribution in [0.25, 0.3) is 11.1 Å². The number of hydrogen-bond acceptors (Lipinski definition) is 4. The van der Waals surface area contributed by atoms with Gasteiger partial charge in [-0.15, -0.1) is 0 Å². The number of carboxylic acids is 2. The summed E-state index contributed by atoms with van der Waals surface area (Å²) < 4.78 is 5.33. The van der Waals surface area contributed by atoms with Gasteiger partial charge in [0, 0.05) is 12.3 Å². The summed E-state index contributed by atoms with van der Waals surface area (Å²) in [5, 5.41) is 20.5. The third-order valence-corrected chi connectivity index (χ3v) is 5.03. The van der Waals surface area contributed by atoms with Crippen LogP contribution in [0.3, 0.4) is 0 Å². The molecule has 2 aromatic carbocycles. The molecule has 0 aromatic heterocycles. The van der Waals surface area contributed by atoms with Crippen LogP contribution in [-0.4, -0.2) is 40.4 Å². The molecule has 1 aliphatic rings. The van der Waals surface area contributed by atoms with Crippen molar-refractivity contribution in [1.82, 2.24) is 5.32 Å². The van der Waals surface area contributed by atoms with Gasteiger partial charge in [-0.05, 0) is 35.6 Å². The Labute approximate surface area is 162 Å². The number of amides is 1. The highest BCUT2D eigenvalue weighted by Crippen LogP contribution is 2.44. The van der Waals surface area contributed by atoms with Crippen molar-refractivity contribution in [3.05, 3.63) is 59.7 Å². The number of carbonyl (C=O) groups is 3. The number of nitrogens with one attached hydrogen (secondary N) is 1. The number of rotatable bonds is 7. The van der Waals surface area contributed by atoms with Crippen LogP contribution in [0.15, 0.2) is 48.5 Å². The number of hydrogen-bond donors (Lipinski definition) is 3. The van der Waals surface area contributed by atoms with Crippen molar-refractivity contribution >= 4 is 18.0 Å². The fourth-order valence-corrected chi connectivity index (χ4v) is 3.44. The second kappa shape index (κ2) is 7.72. The van der Waals surface area contributed by atoms with Gasteiger partial charge in [0.1, 0.15) is 12.1 Å². The maximum atomic E-state index is 12.2. The fourth-order valence-electron chi connectivity index (χ4n) is 3.44. The second-order valence-electron chi connectivity index (χ2n) is 6.98. The largest absolute Gasteiger partial charge is 0.481 e. The molecule has 2 aromatic rings. The van der Waals surface area contributed by atoms with Crippen molar-refractivity contribution < 1.29 is 29.3 Å². The van der Waals surface area contributed by atoms with Crippen molar-refractivity contribution in [3.63, 3.8) is 0 Å². The van der Waals surface area contributed by atoms with Gasteiger partial charge in [-0.1, -0.05) is 48.5 Å². The molecule has 0 heterocycles. The lowest BCUT2D eigenvalue weighted by atomic mass is 9.96. The summed E-state index contributed by atoms with van der Waals surface area (Å²) in [6.07, 6.45) is -1.52. The molecule has 0 saturated heterocycles. The number of benzene rings is 2. The second-order valence-corrected chi connectivity index (χ2v) is 6.98. The lowest BCUT2D eigenvalue weighted by Gasteiger charge is -2.25. The van der Waals surface area contributed by atoms with Crippen molar-refractivity contribution in [2.24, 2.45) is 0 Å². The van der Waals surface area contributed by atoms with E-state index in [0.29, 0.717) is 0 Å². The Bertz CT molecular complexity index is 879. The zero-order valence-electron chi connectivity index (χ0n) is 15.3. The van der Waals surface area contributed by atoms with Gasteiger partial charge in [-0.3, -0.25) is 4.79 Å². The van der Waals surface area contributed by atoms with E-state index in [1.165, 1.54) is 6.92 Å². The van der Waals surface area contributed by atoms with E-state index in [2.05, 4.69) is 5.32 Å². The number of carboxylic acid groups (broad SMARTS) is 2. The Morgan fingerprint density at radius 1 is 1.00 bits per heavy atom. The first-order valence-corrected chi connectivity index (χ1v) is 8.90. The minimum Gasteiger partial charge on any atom is -0.481 e. The molecule has 3 rings (SSSR count). The molecule has 0 fully saturated rings. The number of carbonyl (C=O) groups excluding carboxylic acids is 1. The van der Waals surface area contributed by atoms with Gasteiger partial charge in [0.25, 0.3) is 0 Å². The average molecular weight is 383 g/mol. The standard InChI is InChI=1S/C21H21NO6/c1-21(19(25)26,11-10-18(23)24)22-20(27)28-12-17-15-8-4-2-6-13(15)14-7-3-5-9-16(14)17/h2-9,17H,10-12H2,1H3,(H,22,27)(H,23,24)(H,25,26). The Morgan fingerprint density at radius 3 is 2.04 bits per heavy atom. The van der Waals surface area contributed by atoms with Crippen LogP contribution in [0.5, 0.6) is 0 Å². The predicted molar refractivity (Wildman–Crippen MR) is 101 cm³/mol. The Hall–Kier alpha value is -3.35. The van der Waals surface area contributed by atoms with Gasteiger partial charge >= 0.3 is 18.0 Å². The Morgan fingerprint density at radius 2 is 1.54 bits per heavy atom. The molecule has 1 atom stereocenters. The third-order valence-electron chi connectivity index (χ3n) is 5.03. The van der Waals surface area contributed by atoms with E-state index < -0.39 is 23.6 Å². The number of ether oxygens (including phenoxy) is 1. The maximum absolute atomic E-state index is 12.2. The van der Waals surface area contributed by atoms with Crippen LogP contribution in [0.1, 0.15) is 36.8 Å². The van der Waals surface area contributed by atoms with E-state index >= 15 is 0 Å². The normalized spacial score (nSPS) is 14.5. The van der Waals surface area contributed by atoms with Gasteiger partial charge in [-0.25, -0.2) is 9.59 Å². The lowest BCUT2D eigenvalue weighted by Crippen LogP contribution is -2.52. The zero-order valence-corrected chi connectivity index (χ0v) is 15.3. The van der Waals surface area contributed by atoms with Gasteiger partial charge in [-0.2, -0.15) is 0 Å². The van der Waals surface area contributed by atoms with Crippen molar-refractivity contribution in [3.8, 4) is 11.1 Å². The van der Waals surface area contributed by atoms with E-state index in [4.69, 9.17) is 9.84 Å². The van der Waals surface area contributed by atoms with Crippen LogP contribution in [-0.2, 0) is 14.3 Å². The predicted octanol–water partition coefficient (Wildman–Crippen LogP) is 3.23. The van der Waals surface area contributed by atoms with Crippen LogP contribution >= 0.6 is 0 Å². The molecule has 0 radical (unpaired) electrons. The minimum absolute atomic E-state index is 0.0501. The highest BCUT2D eigenvalue weighted by Gasteiger charge is 2.36. The maximum Gasteiger partial charge on any atom is 0.408 e. The third kappa shape index (κ3) is 3.83. The molecule has 0 spiro atoms. The zero-order chi connectivity index (χ0) is 20.3. The molecule has 0 bridgehead atoms. The van der Waals surface area contributed by atoms with Crippen LogP contribution < -0.4 is 5.32 Å². The first-order chi connectivity index (χ1) is 13.3. The van der Waals surface area contributed by atoms with Crippen LogP contribution in [0.4, 0.5) is 4.79 Å². The van der Waals surface area contributed by atoms with Crippen molar-refractivity contribution in [2.45, 2.75) is 31.2 Å². The molecule has 0 saturated carbocycles. The summed E-state index contributed by atoms with van der Waals surface area (Å²) in [5.41, 5.74) is 2.54. The lowest BCUT2D eigenvalue weighted by molar-refractivity contribution is -0.145. The smallest absolute Gasteiger partial charge is 0.408 e. The average Bonchev–Trinajstić information content (AvgIpc) is 2.98. The van der Waals surface area contributed by atoms with E-state index in [0.717, 1.165) is 22.3 Å². The summed E-state index contributed by atoms with van der Waals surface area (Å²) in [7, 11) is 0. The van der Waals surface area contributed by atoms with E-state index in [1.54, 1.807) is 0 Å². The topological polar surface area (TPSA) is 113 Å². The van der Waals surface area contributed by atoms with E-state index in [-0.39, 0.29) is 25.4 Å². The van der Waals surface area contributed by atoms with Gasteiger partial charge < -0.3 is 20.3 Å². The summed E-state index contributed by atoms with van der Waals surface area (Å²) >= 11 is 0. The first-order valence-electron chi connectivity index (χ1n) is 8.90. The van der Waals surface area contributed by atoms with Crippen LogP contribution in [0, 0.1) is 0 Å². The molecule has 7 nitrogen and oxygen atoms in total. The van der Waals surface area contributed by atoms with Gasteiger partial charge in [0.15, 0.2) is 0 Å². The summed E-state index contributed by atoms with van der Waals surface area (Å²) in [4.78, 5) is 34.5. The number of alkyl carbamates (subject to hydrolysis) is 1. The quantitative estimate of drug-likeness (QED) is 0.677. The molecular weight excluding hydrogens is 362 g/mol. The van der Waals surface area contributed by atoms with E-state index in [1.807, 2.05) is 48.5 Å². The van der Waals surface area contributed by atoms with E-state index in [9.17, 15) is 19.5 Å². The monoisotopic (exact) mass is 383 g/mol. The van der Waals surface area contributed by atoms with Crippen molar-refractivity contribution in [1.29, 1.82) is 0 Å². The highest BCUT2D eigenvalue weighted by atomic mass is 16.5. The molecule has 1 amide bonds. The molecule has 1 aliphatic carbocycles. The number of fused-ring (bicyclic) bond motifs is 3. The summed E-state index contributed by atoms with van der Waals surface area (Å²) in [6.45, 7) is 1.31. The summed E-state index contributed by atoms with van der Waals surface area (Å²) in [6, 6.07) is 15.7. The van der Waals surface area contributed by atoms with Gasteiger partial charge in [0.2, 0.25) is 0 Å². The molecule has 1 unspecified atom stereocenters. The number of aliphatic carboxylic acids is 2. The van der Waals surface area contributed by atoms with Gasteiger partial charge in [0.05, 0.1) is 0 Å². The first kappa shape index (κ1) is 19.4. The van der Waals surface area contributed by atoms with Crippen LogP contribution in [0.2, 0.25) is 0 Å². The Balaban J connectivity index is 1.71. The summed E-state index contributed by atoms with van der Waals surface area (Å²) in [5.74, 6) is -2.60. The molecule has 3 N–H and O–H groups in total. The Kier molecular flexibility index (Phi) is 5.35. The molecule has 28 heavy (non-hydrogen) atoms. The van der Waals surface area contributed by atoms with Crippen molar-refractivity contribution in [2.75, 3.05) is 6.61 Å². The molecule has 0 aliphatic heterocycles. The molecule has 146 valence electrons. The minimum atomic E-state index is -1.72. The highest BCUT2D eigenvalue weighted by molar-refractivity contribution is 5.85. The molecular formula is C21H21NO6. The molecule has 7 heteroatoms.